The quantitative estimate of drug-likeness (QED) is 0.581. The molecule has 8 heteroatoms. The fraction of sp³-hybridized carbons (Fsp3) is 0.500. The average Bonchev–Trinajstić information content (AvgIpc) is 3.34. The summed E-state index contributed by atoms with van der Waals surface area (Å²) in [5, 5.41) is 6.36. The molecule has 2 aliphatic heterocycles. The van der Waals surface area contributed by atoms with Gasteiger partial charge in [0.2, 0.25) is 5.91 Å². The first kappa shape index (κ1) is 24.0. The van der Waals surface area contributed by atoms with Crippen LogP contribution in [0.4, 0.5) is 22.9 Å². The van der Waals surface area contributed by atoms with Crippen molar-refractivity contribution in [1.29, 1.82) is 0 Å². The number of likely N-dealkylation sites (tertiary alicyclic amines) is 1. The van der Waals surface area contributed by atoms with Gasteiger partial charge in [0.25, 0.3) is 5.91 Å². The van der Waals surface area contributed by atoms with Crippen LogP contribution in [0.5, 0.6) is 0 Å². The van der Waals surface area contributed by atoms with Crippen LogP contribution < -0.4 is 20.4 Å². The molecule has 4 rings (SSSR count). The number of hydrogen-bond acceptors (Lipinski definition) is 6. The molecule has 3 heterocycles. The molecule has 2 aromatic rings. The van der Waals surface area contributed by atoms with E-state index in [2.05, 4.69) is 39.3 Å². The van der Waals surface area contributed by atoms with Gasteiger partial charge in [0, 0.05) is 37.0 Å². The van der Waals surface area contributed by atoms with E-state index < -0.39 is 0 Å². The maximum Gasteiger partial charge on any atom is 0.251 e. The lowest BCUT2D eigenvalue weighted by Crippen LogP contribution is -2.53. The Hall–Kier alpha value is -3.13. The molecule has 0 radical (unpaired) electrons. The van der Waals surface area contributed by atoms with Crippen molar-refractivity contribution < 1.29 is 9.59 Å². The van der Waals surface area contributed by atoms with Crippen LogP contribution in [0.2, 0.25) is 0 Å². The van der Waals surface area contributed by atoms with Crippen molar-refractivity contribution in [2.75, 3.05) is 48.3 Å². The zero-order valence-electron chi connectivity index (χ0n) is 20.7. The number of carbonyl (C=O) groups excluding carboxylic acids is 2. The predicted molar refractivity (Wildman–Crippen MR) is 137 cm³/mol. The van der Waals surface area contributed by atoms with Crippen molar-refractivity contribution in [3.8, 4) is 0 Å². The molecule has 2 aliphatic rings. The highest BCUT2D eigenvalue weighted by atomic mass is 16.2. The third kappa shape index (κ3) is 5.17. The number of rotatable bonds is 8. The van der Waals surface area contributed by atoms with Crippen LogP contribution in [0.3, 0.4) is 0 Å². The second-order valence-electron chi connectivity index (χ2n) is 9.50. The predicted octanol–water partition coefficient (Wildman–Crippen LogP) is 3.62. The highest BCUT2D eigenvalue weighted by Crippen LogP contribution is 2.38. The largest absolute Gasteiger partial charge is 0.355 e. The summed E-state index contributed by atoms with van der Waals surface area (Å²) in [6.45, 7) is 10.2. The normalized spacial score (nSPS) is 18.4. The summed E-state index contributed by atoms with van der Waals surface area (Å²) in [6, 6.07) is 9.35. The summed E-state index contributed by atoms with van der Waals surface area (Å²) in [7, 11) is 1.79. The fourth-order valence-electron chi connectivity index (χ4n) is 4.92. The number of anilines is 4. The average molecular weight is 465 g/mol. The van der Waals surface area contributed by atoms with E-state index in [1.54, 1.807) is 18.1 Å². The summed E-state index contributed by atoms with van der Waals surface area (Å²) >= 11 is 0. The second-order valence-corrected chi connectivity index (χ2v) is 9.50. The number of likely N-dealkylation sites (N-methyl/N-ethyl adjacent to an activating group) is 1. The number of nitrogens with zero attached hydrogens (tertiary/aromatic N) is 4. The molecule has 34 heavy (non-hydrogen) atoms. The van der Waals surface area contributed by atoms with E-state index in [1.165, 1.54) is 25.9 Å². The van der Waals surface area contributed by atoms with E-state index in [-0.39, 0.29) is 23.9 Å². The lowest BCUT2D eigenvalue weighted by atomic mass is 10.1. The number of carbonyl (C=O) groups is 2. The van der Waals surface area contributed by atoms with Crippen LogP contribution in [0.25, 0.3) is 0 Å². The number of pyridine rings is 1. The van der Waals surface area contributed by atoms with Crippen molar-refractivity contribution in [3.63, 3.8) is 0 Å². The van der Waals surface area contributed by atoms with E-state index >= 15 is 0 Å². The van der Waals surface area contributed by atoms with Crippen molar-refractivity contribution in [2.45, 2.75) is 52.1 Å². The van der Waals surface area contributed by atoms with Crippen LogP contribution in [0.15, 0.2) is 36.5 Å². The summed E-state index contributed by atoms with van der Waals surface area (Å²) in [6.07, 6.45) is 5.27. The number of nitrogens with one attached hydrogen (secondary N) is 2. The highest BCUT2D eigenvalue weighted by molar-refractivity contribution is 6.05. The fourth-order valence-corrected chi connectivity index (χ4v) is 4.92. The van der Waals surface area contributed by atoms with Crippen LogP contribution in [-0.4, -0.2) is 67.0 Å². The van der Waals surface area contributed by atoms with Crippen LogP contribution in [0.1, 0.15) is 50.4 Å². The molecular weight excluding hydrogens is 428 g/mol. The van der Waals surface area contributed by atoms with Gasteiger partial charge in [-0.1, -0.05) is 6.07 Å². The van der Waals surface area contributed by atoms with Crippen molar-refractivity contribution in [3.05, 3.63) is 42.1 Å². The Labute approximate surface area is 202 Å². The zero-order chi connectivity index (χ0) is 24.2. The molecule has 1 aromatic carbocycles. The highest BCUT2D eigenvalue weighted by Gasteiger charge is 2.35. The van der Waals surface area contributed by atoms with Crippen LogP contribution in [0, 0.1) is 0 Å². The van der Waals surface area contributed by atoms with E-state index in [1.807, 2.05) is 37.3 Å². The van der Waals surface area contributed by atoms with E-state index in [0.29, 0.717) is 17.9 Å². The van der Waals surface area contributed by atoms with E-state index in [0.717, 1.165) is 30.0 Å². The minimum atomic E-state index is -0.245. The Morgan fingerprint density at radius 2 is 1.94 bits per heavy atom. The maximum absolute atomic E-state index is 12.6. The van der Waals surface area contributed by atoms with Gasteiger partial charge in [-0.2, -0.15) is 0 Å². The second kappa shape index (κ2) is 10.4. The molecule has 0 spiro atoms. The Balaban J connectivity index is 1.42. The van der Waals surface area contributed by atoms with Gasteiger partial charge in [0.15, 0.2) is 0 Å². The number of hydrogen-bond donors (Lipinski definition) is 2. The summed E-state index contributed by atoms with van der Waals surface area (Å²) in [4.78, 5) is 36.1. The molecule has 1 saturated heterocycles. The minimum Gasteiger partial charge on any atom is -0.355 e. The molecule has 0 bridgehead atoms. The van der Waals surface area contributed by atoms with Gasteiger partial charge in [-0.15, -0.1) is 0 Å². The Kier molecular flexibility index (Phi) is 7.36. The van der Waals surface area contributed by atoms with Crippen molar-refractivity contribution >= 4 is 34.7 Å². The molecule has 2 N–H and O–H groups in total. The number of fused-ring (bicyclic) bond motifs is 1. The lowest BCUT2D eigenvalue weighted by molar-refractivity contribution is -0.119. The summed E-state index contributed by atoms with van der Waals surface area (Å²) in [5.74, 6) is 0.661. The molecular formula is C26H36N6O2. The van der Waals surface area contributed by atoms with E-state index in [4.69, 9.17) is 0 Å². The smallest absolute Gasteiger partial charge is 0.251 e. The first-order valence-electron chi connectivity index (χ1n) is 12.3. The van der Waals surface area contributed by atoms with Crippen molar-refractivity contribution in [2.24, 2.45) is 0 Å². The van der Waals surface area contributed by atoms with Gasteiger partial charge >= 0.3 is 0 Å². The molecule has 0 aliphatic carbocycles. The Morgan fingerprint density at radius 3 is 2.68 bits per heavy atom. The summed E-state index contributed by atoms with van der Waals surface area (Å²) in [5.41, 5.74) is 3.17. The molecule has 1 fully saturated rings. The van der Waals surface area contributed by atoms with Gasteiger partial charge in [0.1, 0.15) is 11.9 Å². The van der Waals surface area contributed by atoms with E-state index in [9.17, 15) is 9.59 Å². The topological polar surface area (TPSA) is 80.8 Å². The van der Waals surface area contributed by atoms with Gasteiger partial charge in [-0.05, 0) is 77.9 Å². The lowest BCUT2D eigenvalue weighted by Gasteiger charge is -2.42. The van der Waals surface area contributed by atoms with Crippen LogP contribution in [-0.2, 0) is 4.79 Å². The molecule has 0 saturated carbocycles. The molecule has 182 valence electrons. The Bertz CT molecular complexity index is 1030. The molecule has 1 unspecified atom stereocenters. The van der Waals surface area contributed by atoms with Gasteiger partial charge in [-0.25, -0.2) is 4.98 Å². The minimum absolute atomic E-state index is 0.0582. The standard InChI is InChI=1S/C26H36N6O2/c1-18(2)32-19(3)26(34)30(4)23-17-28-24(16-22(23)32)29-21-10-7-9-20(15-21)25(33)27-11-8-14-31-12-5-6-13-31/h7,9-10,15-19H,5-6,8,11-14H2,1-4H3,(H,27,33)(H,28,29). The third-order valence-electron chi connectivity index (χ3n) is 6.70. The first-order valence-corrected chi connectivity index (χ1v) is 12.3. The number of benzene rings is 1. The summed E-state index contributed by atoms with van der Waals surface area (Å²) < 4.78 is 0. The SMILES string of the molecule is CC(C)N1c2cc(Nc3cccc(C(=O)NCCCN4CCCC4)c3)ncc2N(C)C(=O)C1C. The molecule has 2 amide bonds. The monoisotopic (exact) mass is 464 g/mol. The van der Waals surface area contributed by atoms with Gasteiger partial charge < -0.3 is 25.3 Å². The number of amides is 2. The molecule has 8 nitrogen and oxygen atoms in total. The zero-order valence-corrected chi connectivity index (χ0v) is 20.7. The maximum atomic E-state index is 12.6. The molecule has 1 atom stereocenters. The molecule has 1 aromatic heterocycles. The van der Waals surface area contributed by atoms with Crippen LogP contribution >= 0.6 is 0 Å². The third-order valence-corrected chi connectivity index (χ3v) is 6.70. The van der Waals surface area contributed by atoms with Gasteiger partial charge in [0.05, 0.1) is 17.6 Å². The number of aromatic nitrogens is 1. The first-order chi connectivity index (χ1) is 16.3. The van der Waals surface area contributed by atoms with Crippen molar-refractivity contribution in [1.82, 2.24) is 15.2 Å². The van der Waals surface area contributed by atoms with Gasteiger partial charge in [-0.3, -0.25) is 9.59 Å². The Morgan fingerprint density at radius 1 is 1.18 bits per heavy atom.